The second-order valence-electron chi connectivity index (χ2n) is 4.15. The lowest BCUT2D eigenvalue weighted by atomic mass is 10.1. The van der Waals surface area contributed by atoms with Crippen molar-refractivity contribution in [1.82, 2.24) is 4.98 Å². The lowest BCUT2D eigenvalue weighted by molar-refractivity contribution is 0.415. The van der Waals surface area contributed by atoms with Gasteiger partial charge in [-0.05, 0) is 30.7 Å². The molecule has 1 heterocycles. The summed E-state index contributed by atoms with van der Waals surface area (Å²) in [4.78, 5) is 3.83. The molecule has 0 radical (unpaired) electrons. The van der Waals surface area contributed by atoms with Gasteiger partial charge in [0.05, 0.1) is 30.1 Å². The molecule has 1 atom stereocenters. The Hall–Kier alpha value is -1.81. The summed E-state index contributed by atoms with van der Waals surface area (Å²) in [6, 6.07) is 6.65. The highest BCUT2D eigenvalue weighted by atomic mass is 35.5. The number of ether oxygens (including phenoxy) is 1. The van der Waals surface area contributed by atoms with Crippen molar-refractivity contribution >= 4 is 17.3 Å². The van der Waals surface area contributed by atoms with Crippen molar-refractivity contribution in [2.45, 2.75) is 13.0 Å². The molecule has 0 bridgehead atoms. The lowest BCUT2D eigenvalue weighted by Crippen LogP contribution is -2.08. The Balaban J connectivity index is 2.21. The van der Waals surface area contributed by atoms with Crippen molar-refractivity contribution in [3.8, 4) is 5.75 Å². The molecule has 0 aliphatic rings. The lowest BCUT2D eigenvalue weighted by Gasteiger charge is -2.17. The molecule has 1 unspecified atom stereocenters. The maximum atomic E-state index is 13.1. The summed E-state index contributed by atoms with van der Waals surface area (Å²) in [5.74, 6) is 0.347. The SMILES string of the molecule is COc1ccc(Cl)c(NC(C)c2cncc(F)c2)c1. The largest absolute Gasteiger partial charge is 0.497 e. The second kappa shape index (κ2) is 5.89. The fourth-order valence-corrected chi connectivity index (χ4v) is 1.90. The van der Waals surface area contributed by atoms with E-state index in [1.807, 2.05) is 6.92 Å². The second-order valence-corrected chi connectivity index (χ2v) is 4.56. The molecular formula is C14H14ClFN2O. The number of pyridine rings is 1. The highest BCUT2D eigenvalue weighted by molar-refractivity contribution is 6.33. The summed E-state index contributed by atoms with van der Waals surface area (Å²) < 4.78 is 18.3. The van der Waals surface area contributed by atoms with E-state index < -0.39 is 0 Å². The summed E-state index contributed by atoms with van der Waals surface area (Å²) >= 11 is 6.11. The normalized spacial score (nSPS) is 12.0. The number of halogens is 2. The maximum Gasteiger partial charge on any atom is 0.141 e. The van der Waals surface area contributed by atoms with Crippen LogP contribution in [0.25, 0.3) is 0 Å². The number of nitrogens with zero attached hydrogens (tertiary/aromatic N) is 1. The van der Waals surface area contributed by atoms with Gasteiger partial charge < -0.3 is 10.1 Å². The Morgan fingerprint density at radius 3 is 2.79 bits per heavy atom. The highest BCUT2D eigenvalue weighted by Gasteiger charge is 2.10. The van der Waals surface area contributed by atoms with Crippen LogP contribution >= 0.6 is 11.6 Å². The van der Waals surface area contributed by atoms with Gasteiger partial charge in [-0.2, -0.15) is 0 Å². The first-order chi connectivity index (χ1) is 9.10. The third kappa shape index (κ3) is 3.35. The van der Waals surface area contributed by atoms with Gasteiger partial charge in [0.15, 0.2) is 0 Å². The van der Waals surface area contributed by atoms with Gasteiger partial charge in [0.2, 0.25) is 0 Å². The van der Waals surface area contributed by atoms with Gasteiger partial charge in [-0.3, -0.25) is 4.98 Å². The fraction of sp³-hybridized carbons (Fsp3) is 0.214. The standard InChI is InChI=1S/C14H14ClFN2O/c1-9(10-5-11(16)8-17-7-10)18-14-6-12(19-2)3-4-13(14)15/h3-9,18H,1-2H3. The van der Waals surface area contributed by atoms with Crippen LogP contribution in [0, 0.1) is 5.82 Å². The van der Waals surface area contributed by atoms with Gasteiger partial charge in [0.25, 0.3) is 0 Å². The minimum atomic E-state index is -0.358. The van der Waals surface area contributed by atoms with Crippen LogP contribution in [0.15, 0.2) is 36.7 Å². The van der Waals surface area contributed by atoms with Crippen LogP contribution in [-0.4, -0.2) is 12.1 Å². The van der Waals surface area contributed by atoms with Crippen molar-refractivity contribution in [3.05, 3.63) is 53.1 Å². The van der Waals surface area contributed by atoms with Crippen LogP contribution in [0.1, 0.15) is 18.5 Å². The predicted octanol–water partition coefficient (Wildman–Crippen LogP) is 4.06. The zero-order chi connectivity index (χ0) is 13.8. The van der Waals surface area contributed by atoms with Crippen LogP contribution in [0.5, 0.6) is 5.75 Å². The monoisotopic (exact) mass is 280 g/mol. The molecule has 0 saturated heterocycles. The molecule has 0 saturated carbocycles. The van der Waals surface area contributed by atoms with E-state index in [0.717, 1.165) is 11.3 Å². The zero-order valence-electron chi connectivity index (χ0n) is 10.7. The minimum Gasteiger partial charge on any atom is -0.497 e. The van der Waals surface area contributed by atoms with Crippen LogP contribution in [-0.2, 0) is 0 Å². The number of methoxy groups -OCH3 is 1. The van der Waals surface area contributed by atoms with Crippen LogP contribution in [0.2, 0.25) is 5.02 Å². The number of benzene rings is 1. The molecule has 3 nitrogen and oxygen atoms in total. The summed E-state index contributed by atoms with van der Waals surface area (Å²) in [6.45, 7) is 1.91. The Kier molecular flexibility index (Phi) is 4.22. The van der Waals surface area contributed by atoms with E-state index in [1.165, 1.54) is 12.3 Å². The minimum absolute atomic E-state index is 0.118. The van der Waals surface area contributed by atoms with Crippen molar-refractivity contribution in [3.63, 3.8) is 0 Å². The van der Waals surface area contributed by atoms with Crippen LogP contribution < -0.4 is 10.1 Å². The first-order valence-corrected chi connectivity index (χ1v) is 6.18. The quantitative estimate of drug-likeness (QED) is 0.917. The smallest absolute Gasteiger partial charge is 0.141 e. The first kappa shape index (κ1) is 13.6. The average molecular weight is 281 g/mol. The molecule has 2 rings (SSSR count). The average Bonchev–Trinajstić information content (AvgIpc) is 2.41. The van der Waals surface area contributed by atoms with E-state index in [9.17, 15) is 4.39 Å². The fourth-order valence-electron chi connectivity index (χ4n) is 1.72. The van der Waals surface area contributed by atoms with E-state index >= 15 is 0 Å². The van der Waals surface area contributed by atoms with Gasteiger partial charge in [0.1, 0.15) is 11.6 Å². The van der Waals surface area contributed by atoms with Crippen molar-refractivity contribution in [1.29, 1.82) is 0 Å². The van der Waals surface area contributed by atoms with Gasteiger partial charge in [0, 0.05) is 12.3 Å². The number of hydrogen-bond donors (Lipinski definition) is 1. The Labute approximate surface area is 116 Å². The molecule has 0 aliphatic heterocycles. The van der Waals surface area contributed by atoms with E-state index in [4.69, 9.17) is 16.3 Å². The van der Waals surface area contributed by atoms with Gasteiger partial charge in [-0.25, -0.2) is 4.39 Å². The van der Waals surface area contributed by atoms with Gasteiger partial charge in [-0.1, -0.05) is 11.6 Å². The molecule has 1 N–H and O–H groups in total. The molecule has 2 aromatic rings. The molecule has 5 heteroatoms. The number of rotatable bonds is 4. The zero-order valence-corrected chi connectivity index (χ0v) is 11.4. The Morgan fingerprint density at radius 1 is 1.32 bits per heavy atom. The predicted molar refractivity (Wildman–Crippen MR) is 74.2 cm³/mol. The molecule has 0 amide bonds. The number of nitrogens with one attached hydrogen (secondary N) is 1. The molecule has 0 fully saturated rings. The Morgan fingerprint density at radius 2 is 2.11 bits per heavy atom. The molecule has 19 heavy (non-hydrogen) atoms. The third-order valence-electron chi connectivity index (χ3n) is 2.77. The van der Waals surface area contributed by atoms with Gasteiger partial charge >= 0.3 is 0 Å². The maximum absolute atomic E-state index is 13.1. The number of aromatic nitrogens is 1. The first-order valence-electron chi connectivity index (χ1n) is 5.80. The van der Waals surface area contributed by atoms with Crippen molar-refractivity contribution in [2.24, 2.45) is 0 Å². The Bertz CT molecular complexity index is 577. The molecular weight excluding hydrogens is 267 g/mol. The van der Waals surface area contributed by atoms with E-state index in [-0.39, 0.29) is 11.9 Å². The van der Waals surface area contributed by atoms with Gasteiger partial charge in [-0.15, -0.1) is 0 Å². The summed E-state index contributed by atoms with van der Waals surface area (Å²) in [5.41, 5.74) is 1.48. The van der Waals surface area contributed by atoms with Crippen molar-refractivity contribution < 1.29 is 9.13 Å². The van der Waals surface area contributed by atoms with E-state index in [2.05, 4.69) is 10.3 Å². The van der Waals surface area contributed by atoms with Crippen LogP contribution in [0.4, 0.5) is 10.1 Å². The van der Waals surface area contributed by atoms with E-state index in [1.54, 1.807) is 31.5 Å². The molecule has 1 aromatic carbocycles. The molecule has 0 spiro atoms. The summed E-state index contributed by atoms with van der Waals surface area (Å²) in [5, 5.41) is 3.79. The summed E-state index contributed by atoms with van der Waals surface area (Å²) in [6.07, 6.45) is 2.80. The van der Waals surface area contributed by atoms with Crippen LogP contribution in [0.3, 0.4) is 0 Å². The molecule has 100 valence electrons. The third-order valence-corrected chi connectivity index (χ3v) is 3.10. The number of hydrogen-bond acceptors (Lipinski definition) is 3. The molecule has 1 aromatic heterocycles. The van der Waals surface area contributed by atoms with Crippen molar-refractivity contribution in [2.75, 3.05) is 12.4 Å². The van der Waals surface area contributed by atoms with E-state index in [0.29, 0.717) is 10.8 Å². The topological polar surface area (TPSA) is 34.1 Å². The molecule has 0 aliphatic carbocycles. The highest BCUT2D eigenvalue weighted by Crippen LogP contribution is 2.29. The number of anilines is 1. The summed E-state index contributed by atoms with van der Waals surface area (Å²) in [7, 11) is 1.59.